The zero-order valence-corrected chi connectivity index (χ0v) is 19.7. The molecule has 1 N–H and O–H groups in total. The van der Waals surface area contributed by atoms with Gasteiger partial charge in [0, 0.05) is 17.6 Å². The molecule has 3 aromatic rings. The SMILES string of the molecule is COc1ccccc1CCNCc1cc(OC)c(OCc2ccc(Cl)c(Cl)c2)cc1Cl. The van der Waals surface area contributed by atoms with Crippen LogP contribution in [0.25, 0.3) is 0 Å². The number of hydrogen-bond donors (Lipinski definition) is 1. The van der Waals surface area contributed by atoms with Gasteiger partial charge in [0.05, 0.1) is 24.3 Å². The van der Waals surface area contributed by atoms with Crippen molar-refractivity contribution in [2.75, 3.05) is 20.8 Å². The molecule has 0 aliphatic carbocycles. The van der Waals surface area contributed by atoms with Gasteiger partial charge in [-0.15, -0.1) is 0 Å². The fraction of sp³-hybridized carbons (Fsp3) is 0.250. The molecule has 31 heavy (non-hydrogen) atoms. The predicted octanol–water partition coefficient (Wildman–Crippen LogP) is 6.58. The van der Waals surface area contributed by atoms with Crippen LogP contribution in [0.1, 0.15) is 16.7 Å². The molecule has 3 rings (SSSR count). The monoisotopic (exact) mass is 479 g/mol. The zero-order valence-electron chi connectivity index (χ0n) is 17.4. The lowest BCUT2D eigenvalue weighted by Gasteiger charge is -2.15. The Bertz CT molecular complexity index is 1030. The molecule has 0 radical (unpaired) electrons. The second kappa shape index (κ2) is 11.5. The van der Waals surface area contributed by atoms with E-state index in [1.807, 2.05) is 30.3 Å². The topological polar surface area (TPSA) is 39.7 Å². The summed E-state index contributed by atoms with van der Waals surface area (Å²) in [5, 5.41) is 5.02. The van der Waals surface area contributed by atoms with Gasteiger partial charge in [-0.2, -0.15) is 0 Å². The standard InChI is InChI=1S/C24H24Cl3NO3/c1-29-22-6-4-3-5-17(22)9-10-28-14-18-12-23(30-2)24(13-20(18)26)31-15-16-7-8-19(25)21(27)11-16/h3-8,11-13,28H,9-10,14-15H2,1-2H3. The molecule has 164 valence electrons. The first-order valence-electron chi connectivity index (χ1n) is 9.77. The van der Waals surface area contributed by atoms with Crippen LogP contribution >= 0.6 is 34.8 Å². The zero-order chi connectivity index (χ0) is 22.2. The Morgan fingerprint density at radius 3 is 2.26 bits per heavy atom. The number of nitrogens with one attached hydrogen (secondary N) is 1. The fourth-order valence-electron chi connectivity index (χ4n) is 3.13. The van der Waals surface area contributed by atoms with E-state index in [-0.39, 0.29) is 0 Å². The van der Waals surface area contributed by atoms with E-state index in [0.29, 0.717) is 39.7 Å². The van der Waals surface area contributed by atoms with Crippen molar-refractivity contribution in [2.24, 2.45) is 0 Å². The Morgan fingerprint density at radius 1 is 0.742 bits per heavy atom. The number of benzene rings is 3. The normalized spacial score (nSPS) is 10.7. The van der Waals surface area contributed by atoms with Gasteiger partial charge in [0.2, 0.25) is 0 Å². The lowest BCUT2D eigenvalue weighted by molar-refractivity contribution is 0.284. The van der Waals surface area contributed by atoms with Crippen LogP contribution in [0.15, 0.2) is 54.6 Å². The fourth-order valence-corrected chi connectivity index (χ4v) is 3.67. The maximum Gasteiger partial charge on any atom is 0.163 e. The van der Waals surface area contributed by atoms with E-state index < -0.39 is 0 Å². The highest BCUT2D eigenvalue weighted by molar-refractivity contribution is 6.42. The van der Waals surface area contributed by atoms with E-state index in [1.165, 1.54) is 0 Å². The third-order valence-corrected chi connectivity index (χ3v) is 5.88. The van der Waals surface area contributed by atoms with Crippen molar-refractivity contribution in [2.45, 2.75) is 19.6 Å². The maximum atomic E-state index is 6.50. The summed E-state index contributed by atoms with van der Waals surface area (Å²) in [6.45, 7) is 1.71. The van der Waals surface area contributed by atoms with Crippen molar-refractivity contribution in [3.05, 3.63) is 86.4 Å². The minimum atomic E-state index is 0.320. The van der Waals surface area contributed by atoms with Gasteiger partial charge in [0.15, 0.2) is 11.5 Å². The number of rotatable bonds is 10. The van der Waals surface area contributed by atoms with Gasteiger partial charge in [0.1, 0.15) is 12.4 Å². The van der Waals surface area contributed by atoms with Gasteiger partial charge < -0.3 is 19.5 Å². The van der Waals surface area contributed by atoms with Crippen molar-refractivity contribution in [3.63, 3.8) is 0 Å². The summed E-state index contributed by atoms with van der Waals surface area (Å²) in [5.41, 5.74) is 2.99. The summed E-state index contributed by atoms with van der Waals surface area (Å²) in [6, 6.07) is 17.1. The molecule has 0 spiro atoms. The summed E-state index contributed by atoms with van der Waals surface area (Å²) in [4.78, 5) is 0. The van der Waals surface area contributed by atoms with Crippen molar-refractivity contribution in [1.29, 1.82) is 0 Å². The molecular weight excluding hydrogens is 457 g/mol. The molecule has 0 atom stereocenters. The Balaban J connectivity index is 1.60. The molecule has 0 saturated carbocycles. The lowest BCUT2D eigenvalue weighted by atomic mass is 10.1. The Morgan fingerprint density at radius 2 is 1.52 bits per heavy atom. The summed E-state index contributed by atoms with van der Waals surface area (Å²) in [6.07, 6.45) is 0.851. The van der Waals surface area contributed by atoms with Crippen molar-refractivity contribution in [1.82, 2.24) is 5.32 Å². The van der Waals surface area contributed by atoms with E-state index in [9.17, 15) is 0 Å². The molecule has 0 bridgehead atoms. The maximum absolute atomic E-state index is 6.50. The highest BCUT2D eigenvalue weighted by Crippen LogP contribution is 2.34. The first kappa shape index (κ1) is 23.6. The number of methoxy groups -OCH3 is 2. The Labute approximate surface area is 198 Å². The van der Waals surface area contributed by atoms with Crippen LogP contribution < -0.4 is 19.5 Å². The van der Waals surface area contributed by atoms with Crippen molar-refractivity contribution >= 4 is 34.8 Å². The van der Waals surface area contributed by atoms with Gasteiger partial charge in [0.25, 0.3) is 0 Å². The minimum Gasteiger partial charge on any atom is -0.496 e. The van der Waals surface area contributed by atoms with Gasteiger partial charge >= 0.3 is 0 Å². The van der Waals surface area contributed by atoms with Crippen molar-refractivity contribution < 1.29 is 14.2 Å². The molecular formula is C24H24Cl3NO3. The van der Waals surface area contributed by atoms with Crippen LogP contribution in [-0.4, -0.2) is 20.8 Å². The third kappa shape index (κ3) is 6.44. The quantitative estimate of drug-likeness (QED) is 0.333. The smallest absolute Gasteiger partial charge is 0.163 e. The molecule has 0 aromatic heterocycles. The molecule has 0 amide bonds. The molecule has 0 saturated heterocycles. The third-order valence-electron chi connectivity index (χ3n) is 4.79. The number of ether oxygens (including phenoxy) is 3. The van der Waals surface area contributed by atoms with Gasteiger partial charge in [-0.1, -0.05) is 59.1 Å². The van der Waals surface area contributed by atoms with Gasteiger partial charge in [-0.05, 0) is 53.9 Å². The molecule has 0 unspecified atom stereocenters. The first-order chi connectivity index (χ1) is 15.0. The first-order valence-corrected chi connectivity index (χ1v) is 10.9. The van der Waals surface area contributed by atoms with E-state index in [0.717, 1.165) is 35.4 Å². The molecule has 0 fully saturated rings. The van der Waals surface area contributed by atoms with E-state index in [4.69, 9.17) is 49.0 Å². The average molecular weight is 481 g/mol. The Hall–Kier alpha value is -2.11. The highest BCUT2D eigenvalue weighted by Gasteiger charge is 2.12. The largest absolute Gasteiger partial charge is 0.496 e. The van der Waals surface area contributed by atoms with Crippen LogP contribution in [0.3, 0.4) is 0 Å². The molecule has 4 nitrogen and oxygen atoms in total. The van der Waals surface area contributed by atoms with Crippen LogP contribution in [0, 0.1) is 0 Å². The minimum absolute atomic E-state index is 0.320. The second-order valence-electron chi connectivity index (χ2n) is 6.87. The van der Waals surface area contributed by atoms with E-state index in [1.54, 1.807) is 32.4 Å². The predicted molar refractivity (Wildman–Crippen MR) is 127 cm³/mol. The van der Waals surface area contributed by atoms with Crippen LogP contribution in [0.4, 0.5) is 0 Å². The van der Waals surface area contributed by atoms with Crippen molar-refractivity contribution in [3.8, 4) is 17.2 Å². The van der Waals surface area contributed by atoms with E-state index in [2.05, 4.69) is 11.4 Å². The number of halogens is 3. The lowest BCUT2D eigenvalue weighted by Crippen LogP contribution is -2.17. The van der Waals surface area contributed by atoms with Gasteiger partial charge in [-0.3, -0.25) is 0 Å². The average Bonchev–Trinajstić information content (AvgIpc) is 2.78. The van der Waals surface area contributed by atoms with Crippen LogP contribution in [0.2, 0.25) is 15.1 Å². The molecule has 3 aromatic carbocycles. The molecule has 7 heteroatoms. The number of hydrogen-bond acceptors (Lipinski definition) is 4. The summed E-state index contributed by atoms with van der Waals surface area (Å²) >= 11 is 18.5. The summed E-state index contributed by atoms with van der Waals surface area (Å²) in [7, 11) is 3.29. The highest BCUT2D eigenvalue weighted by atomic mass is 35.5. The van der Waals surface area contributed by atoms with Crippen LogP contribution in [0.5, 0.6) is 17.2 Å². The summed E-state index contributed by atoms with van der Waals surface area (Å²) < 4.78 is 16.8. The number of para-hydroxylation sites is 1. The summed E-state index contributed by atoms with van der Waals surface area (Å²) in [5.74, 6) is 2.08. The molecule has 0 aliphatic rings. The Kier molecular flexibility index (Phi) is 8.73. The molecule has 0 aliphatic heterocycles. The molecule has 0 heterocycles. The van der Waals surface area contributed by atoms with Crippen LogP contribution in [-0.2, 0) is 19.6 Å². The van der Waals surface area contributed by atoms with Gasteiger partial charge in [-0.25, -0.2) is 0 Å². The van der Waals surface area contributed by atoms with E-state index >= 15 is 0 Å². The second-order valence-corrected chi connectivity index (χ2v) is 8.09.